The molecule has 1 atom stereocenters. The fourth-order valence-corrected chi connectivity index (χ4v) is 3.70. The average molecular weight is 399 g/mol. The number of alkyl halides is 2. The molecule has 0 spiro atoms. The van der Waals surface area contributed by atoms with Crippen LogP contribution in [0.25, 0.3) is 22.4 Å². The summed E-state index contributed by atoms with van der Waals surface area (Å²) in [5, 5.41) is 11.2. The minimum Gasteiger partial charge on any atom is -0.382 e. The molecule has 4 aromatic rings. The number of likely N-dealkylation sites (tertiary alicyclic amines) is 1. The van der Waals surface area contributed by atoms with E-state index in [1.54, 1.807) is 34.1 Å². The average Bonchev–Trinajstić information content (AvgIpc) is 3.38. The van der Waals surface area contributed by atoms with Gasteiger partial charge in [-0.3, -0.25) is 4.90 Å². The van der Waals surface area contributed by atoms with Gasteiger partial charge < -0.3 is 11.1 Å². The first-order valence-corrected chi connectivity index (χ1v) is 9.27. The summed E-state index contributed by atoms with van der Waals surface area (Å²) in [6.45, 7) is 2.35. The van der Waals surface area contributed by atoms with Gasteiger partial charge in [0.1, 0.15) is 11.6 Å². The topological polar surface area (TPSA) is 102 Å². The van der Waals surface area contributed by atoms with E-state index in [9.17, 15) is 8.78 Å². The zero-order chi connectivity index (χ0) is 20.2. The number of likely N-dealkylation sites (N-methyl/N-ethyl adjacent to an activating group) is 1. The monoisotopic (exact) mass is 399 g/mol. The van der Waals surface area contributed by atoms with E-state index in [4.69, 9.17) is 5.73 Å². The molecule has 1 aliphatic heterocycles. The summed E-state index contributed by atoms with van der Waals surface area (Å²) in [5.74, 6) is -2.61. The number of nitrogens with two attached hydrogens (primary N) is 1. The second-order valence-corrected chi connectivity index (χ2v) is 7.08. The first-order chi connectivity index (χ1) is 13.9. The fourth-order valence-electron chi connectivity index (χ4n) is 3.70. The predicted molar refractivity (Wildman–Crippen MR) is 104 cm³/mol. The van der Waals surface area contributed by atoms with E-state index in [0.29, 0.717) is 23.4 Å². The van der Waals surface area contributed by atoms with Gasteiger partial charge in [0, 0.05) is 30.6 Å². The molecule has 3 N–H and O–H groups in total. The van der Waals surface area contributed by atoms with Crippen LogP contribution in [0.15, 0.2) is 36.8 Å². The number of rotatable bonds is 4. The summed E-state index contributed by atoms with van der Waals surface area (Å²) in [4.78, 5) is 10.5. The van der Waals surface area contributed by atoms with Gasteiger partial charge in [0.05, 0.1) is 18.4 Å². The molecule has 29 heavy (non-hydrogen) atoms. The standard InChI is InChI=1S/C18H19F2N9/c1-2-27-9-13(18(19,20)10-27)24-17-25-16(21)15-11(4-7-29(15)26-17)12-5-8-28-14(23-12)3-6-22-28/h3-8,13H,2,9-10H2,1H3,(H3,21,24,25,26)/t13-/m1/s1. The Hall–Kier alpha value is -3.34. The van der Waals surface area contributed by atoms with E-state index in [-0.39, 0.29) is 24.9 Å². The Morgan fingerprint density at radius 1 is 1.21 bits per heavy atom. The fraction of sp³-hybridized carbons (Fsp3) is 0.333. The number of nitrogens with one attached hydrogen (secondary N) is 1. The van der Waals surface area contributed by atoms with Gasteiger partial charge in [0.25, 0.3) is 5.92 Å². The van der Waals surface area contributed by atoms with Crippen LogP contribution in [-0.2, 0) is 0 Å². The van der Waals surface area contributed by atoms with Crippen molar-refractivity contribution in [2.24, 2.45) is 0 Å². The van der Waals surface area contributed by atoms with E-state index in [2.05, 4.69) is 25.5 Å². The van der Waals surface area contributed by atoms with Crippen molar-refractivity contribution in [2.45, 2.75) is 18.9 Å². The van der Waals surface area contributed by atoms with Crippen molar-refractivity contribution in [1.82, 2.24) is 34.1 Å². The van der Waals surface area contributed by atoms with Crippen molar-refractivity contribution in [1.29, 1.82) is 0 Å². The molecule has 0 aliphatic carbocycles. The Bertz CT molecular complexity index is 1200. The zero-order valence-corrected chi connectivity index (χ0v) is 15.6. The van der Waals surface area contributed by atoms with Crippen LogP contribution in [0.2, 0.25) is 0 Å². The van der Waals surface area contributed by atoms with Crippen LogP contribution >= 0.6 is 0 Å². The van der Waals surface area contributed by atoms with Crippen LogP contribution in [-0.4, -0.2) is 65.7 Å². The SMILES string of the molecule is CCN1C[C@@H](Nc2nc(N)c3c(-c4ccn5nccc5n4)ccn3n2)C(F)(F)C1. The molecule has 4 aromatic heterocycles. The van der Waals surface area contributed by atoms with Crippen molar-refractivity contribution in [3.05, 3.63) is 36.8 Å². The quantitative estimate of drug-likeness (QED) is 0.539. The van der Waals surface area contributed by atoms with E-state index < -0.39 is 12.0 Å². The van der Waals surface area contributed by atoms with Crippen LogP contribution in [0.3, 0.4) is 0 Å². The molecular weight excluding hydrogens is 380 g/mol. The van der Waals surface area contributed by atoms with Crippen molar-refractivity contribution in [3.8, 4) is 11.3 Å². The molecule has 11 heteroatoms. The number of anilines is 2. The molecular formula is C18H19F2N9. The number of hydrogen-bond donors (Lipinski definition) is 2. The van der Waals surface area contributed by atoms with Crippen LogP contribution in [0.4, 0.5) is 20.5 Å². The first-order valence-electron chi connectivity index (χ1n) is 9.27. The summed E-state index contributed by atoms with van der Waals surface area (Å²) < 4.78 is 31.7. The third kappa shape index (κ3) is 2.94. The highest BCUT2D eigenvalue weighted by molar-refractivity contribution is 5.86. The van der Waals surface area contributed by atoms with Crippen LogP contribution in [0.1, 0.15) is 6.92 Å². The third-order valence-electron chi connectivity index (χ3n) is 5.21. The predicted octanol–water partition coefficient (Wildman–Crippen LogP) is 1.77. The van der Waals surface area contributed by atoms with Crippen molar-refractivity contribution >= 4 is 22.9 Å². The lowest BCUT2D eigenvalue weighted by Crippen LogP contribution is -2.38. The number of hydrogen-bond acceptors (Lipinski definition) is 7. The maximum atomic E-state index is 14.3. The highest BCUT2D eigenvalue weighted by Crippen LogP contribution is 2.31. The molecule has 0 unspecified atom stereocenters. The van der Waals surface area contributed by atoms with Gasteiger partial charge >= 0.3 is 0 Å². The van der Waals surface area contributed by atoms with Gasteiger partial charge in [-0.05, 0) is 18.7 Å². The summed E-state index contributed by atoms with van der Waals surface area (Å²) in [6, 6.07) is 4.37. The lowest BCUT2D eigenvalue weighted by molar-refractivity contribution is 0.00429. The summed E-state index contributed by atoms with van der Waals surface area (Å²) >= 11 is 0. The Balaban J connectivity index is 1.50. The number of nitrogens with zero attached hydrogens (tertiary/aromatic N) is 7. The molecule has 5 heterocycles. The minimum absolute atomic E-state index is 0.0685. The van der Waals surface area contributed by atoms with Gasteiger partial charge in [0.15, 0.2) is 11.5 Å². The molecule has 0 saturated carbocycles. The van der Waals surface area contributed by atoms with Crippen LogP contribution in [0.5, 0.6) is 0 Å². The Kier molecular flexibility index (Phi) is 3.88. The first kappa shape index (κ1) is 17.7. The molecule has 0 aromatic carbocycles. The van der Waals surface area contributed by atoms with E-state index in [1.165, 1.54) is 4.52 Å². The van der Waals surface area contributed by atoms with Gasteiger partial charge in [-0.15, -0.1) is 5.10 Å². The van der Waals surface area contributed by atoms with Gasteiger partial charge in [0.2, 0.25) is 5.95 Å². The molecule has 1 saturated heterocycles. The van der Waals surface area contributed by atoms with Gasteiger partial charge in [-0.1, -0.05) is 6.92 Å². The number of fused-ring (bicyclic) bond motifs is 2. The highest BCUT2D eigenvalue weighted by atomic mass is 19.3. The smallest absolute Gasteiger partial charge is 0.281 e. The largest absolute Gasteiger partial charge is 0.382 e. The Morgan fingerprint density at radius 2 is 2.03 bits per heavy atom. The molecule has 1 aliphatic rings. The summed E-state index contributed by atoms with van der Waals surface area (Å²) in [7, 11) is 0. The van der Waals surface area contributed by atoms with Crippen LogP contribution < -0.4 is 11.1 Å². The second-order valence-electron chi connectivity index (χ2n) is 7.08. The third-order valence-corrected chi connectivity index (χ3v) is 5.21. The highest BCUT2D eigenvalue weighted by Gasteiger charge is 2.48. The maximum absolute atomic E-state index is 14.3. The van der Waals surface area contributed by atoms with Gasteiger partial charge in [-0.2, -0.15) is 10.1 Å². The van der Waals surface area contributed by atoms with Gasteiger partial charge in [-0.25, -0.2) is 22.8 Å². The van der Waals surface area contributed by atoms with Crippen molar-refractivity contribution in [2.75, 3.05) is 30.7 Å². The molecule has 0 amide bonds. The van der Waals surface area contributed by atoms with Crippen molar-refractivity contribution in [3.63, 3.8) is 0 Å². The molecule has 5 rings (SSSR count). The molecule has 1 fully saturated rings. The Labute approximate surface area is 164 Å². The van der Waals surface area contributed by atoms with E-state index in [1.807, 2.05) is 19.1 Å². The lowest BCUT2D eigenvalue weighted by Gasteiger charge is -2.19. The summed E-state index contributed by atoms with van der Waals surface area (Å²) in [5.41, 5.74) is 8.88. The molecule has 150 valence electrons. The van der Waals surface area contributed by atoms with E-state index >= 15 is 0 Å². The number of halogens is 2. The normalized spacial score (nSPS) is 19.3. The zero-order valence-electron chi connectivity index (χ0n) is 15.6. The lowest BCUT2D eigenvalue weighted by atomic mass is 10.2. The molecule has 0 radical (unpaired) electrons. The maximum Gasteiger partial charge on any atom is 0.281 e. The molecule has 0 bridgehead atoms. The minimum atomic E-state index is -2.87. The molecule has 9 nitrogen and oxygen atoms in total. The Morgan fingerprint density at radius 3 is 2.83 bits per heavy atom. The number of aromatic nitrogens is 6. The van der Waals surface area contributed by atoms with Crippen molar-refractivity contribution < 1.29 is 8.78 Å². The second kappa shape index (κ2) is 6.34. The van der Waals surface area contributed by atoms with Crippen LogP contribution in [0, 0.1) is 0 Å². The number of nitrogen functional groups attached to an aromatic ring is 1. The van der Waals surface area contributed by atoms with E-state index in [0.717, 1.165) is 5.56 Å². The summed E-state index contributed by atoms with van der Waals surface area (Å²) in [6.07, 6.45) is 5.18.